The van der Waals surface area contributed by atoms with Crippen LogP contribution in [0.4, 0.5) is 20.2 Å². The number of rotatable bonds is 4. The van der Waals surface area contributed by atoms with Crippen LogP contribution in [0.1, 0.15) is 0 Å². The zero-order valence-electron chi connectivity index (χ0n) is 10.3. The topological polar surface area (TPSA) is 41.1 Å². The first kappa shape index (κ1) is 14.7. The highest BCUT2D eigenvalue weighted by Crippen LogP contribution is 2.17. The van der Waals surface area contributed by atoms with Crippen molar-refractivity contribution in [2.24, 2.45) is 0 Å². The minimum absolute atomic E-state index is 0.0121. The lowest BCUT2D eigenvalue weighted by molar-refractivity contribution is -0.114. The van der Waals surface area contributed by atoms with Gasteiger partial charge in [0, 0.05) is 21.0 Å². The summed E-state index contributed by atoms with van der Waals surface area (Å²) in [7, 11) is 0. The summed E-state index contributed by atoms with van der Waals surface area (Å²) in [5.41, 5.74) is 0.922. The van der Waals surface area contributed by atoms with E-state index in [9.17, 15) is 13.6 Å². The number of halogens is 3. The number of amides is 1. The molecule has 0 saturated heterocycles. The maximum absolute atomic E-state index is 13.0. The summed E-state index contributed by atoms with van der Waals surface area (Å²) >= 11 is 2.15. The van der Waals surface area contributed by atoms with Gasteiger partial charge in [-0.2, -0.15) is 0 Å². The van der Waals surface area contributed by atoms with Gasteiger partial charge >= 0.3 is 0 Å². The van der Waals surface area contributed by atoms with Crippen molar-refractivity contribution in [2.75, 3.05) is 17.2 Å². The van der Waals surface area contributed by atoms with Gasteiger partial charge in [0.15, 0.2) is 0 Å². The molecule has 0 radical (unpaired) electrons. The molecule has 0 aliphatic rings. The summed E-state index contributed by atoms with van der Waals surface area (Å²) in [5, 5.41) is 5.38. The van der Waals surface area contributed by atoms with Crippen LogP contribution in [0, 0.1) is 15.2 Å². The fourth-order valence-electron chi connectivity index (χ4n) is 1.61. The molecule has 0 saturated carbocycles. The Bertz CT molecular complexity index is 614. The van der Waals surface area contributed by atoms with Gasteiger partial charge in [-0.25, -0.2) is 8.78 Å². The number of benzene rings is 2. The van der Waals surface area contributed by atoms with Gasteiger partial charge in [0.2, 0.25) is 5.91 Å². The van der Waals surface area contributed by atoms with Crippen LogP contribution in [-0.2, 0) is 4.79 Å². The van der Waals surface area contributed by atoms with Crippen LogP contribution in [-0.4, -0.2) is 12.5 Å². The second-order valence-electron chi connectivity index (χ2n) is 4.04. The summed E-state index contributed by atoms with van der Waals surface area (Å²) in [6.45, 7) is 0.0121. The second kappa shape index (κ2) is 6.65. The maximum Gasteiger partial charge on any atom is 0.243 e. The van der Waals surface area contributed by atoms with E-state index in [0.717, 1.165) is 27.5 Å². The minimum atomic E-state index is -0.731. The average Bonchev–Trinajstić information content (AvgIpc) is 2.36. The molecule has 2 rings (SSSR count). The zero-order valence-corrected chi connectivity index (χ0v) is 12.4. The molecule has 0 aromatic heterocycles. The van der Waals surface area contributed by atoms with E-state index in [1.165, 1.54) is 0 Å². The lowest BCUT2D eigenvalue weighted by Gasteiger charge is -2.09. The quantitative estimate of drug-likeness (QED) is 0.786. The van der Waals surface area contributed by atoms with Crippen molar-refractivity contribution < 1.29 is 13.6 Å². The van der Waals surface area contributed by atoms with Crippen LogP contribution < -0.4 is 10.6 Å². The van der Waals surface area contributed by atoms with E-state index >= 15 is 0 Å². The van der Waals surface area contributed by atoms with Crippen molar-refractivity contribution in [1.29, 1.82) is 0 Å². The summed E-state index contributed by atoms with van der Waals surface area (Å²) < 4.78 is 26.9. The monoisotopic (exact) mass is 388 g/mol. The lowest BCUT2D eigenvalue weighted by Crippen LogP contribution is -2.22. The third kappa shape index (κ3) is 4.16. The van der Waals surface area contributed by atoms with E-state index in [1.807, 2.05) is 24.3 Å². The molecule has 0 heterocycles. The van der Waals surface area contributed by atoms with E-state index in [1.54, 1.807) is 0 Å². The molecule has 0 fully saturated rings. The molecule has 0 atom stereocenters. The molecule has 0 unspecified atom stereocenters. The molecular weight excluding hydrogens is 377 g/mol. The third-order valence-electron chi connectivity index (χ3n) is 2.46. The summed E-state index contributed by atoms with van der Waals surface area (Å²) in [4.78, 5) is 11.7. The number of carbonyl (C=O) groups is 1. The highest BCUT2D eigenvalue weighted by Gasteiger charge is 2.06. The number of hydrogen-bond acceptors (Lipinski definition) is 2. The summed E-state index contributed by atoms with van der Waals surface area (Å²) in [5.74, 6) is -1.84. The zero-order chi connectivity index (χ0) is 14.5. The predicted octanol–water partition coefficient (Wildman–Crippen LogP) is 3.62. The summed E-state index contributed by atoms with van der Waals surface area (Å²) in [6, 6.07) is 10.4. The van der Waals surface area contributed by atoms with Gasteiger partial charge in [-0.05, 0) is 46.9 Å². The number of anilines is 2. The largest absolute Gasteiger partial charge is 0.375 e. The van der Waals surface area contributed by atoms with Gasteiger partial charge in [-0.1, -0.05) is 12.1 Å². The van der Waals surface area contributed by atoms with Crippen molar-refractivity contribution in [1.82, 2.24) is 0 Å². The highest BCUT2D eigenvalue weighted by atomic mass is 127. The van der Waals surface area contributed by atoms with Crippen molar-refractivity contribution >= 4 is 39.9 Å². The first-order chi connectivity index (χ1) is 9.54. The molecule has 104 valence electrons. The number of hydrogen-bond donors (Lipinski definition) is 2. The van der Waals surface area contributed by atoms with E-state index in [0.29, 0.717) is 0 Å². The van der Waals surface area contributed by atoms with Gasteiger partial charge in [-0.3, -0.25) is 4.79 Å². The van der Waals surface area contributed by atoms with Gasteiger partial charge in [0.1, 0.15) is 11.6 Å². The predicted molar refractivity (Wildman–Crippen MR) is 82.6 cm³/mol. The molecular formula is C14H11F2IN2O. The molecule has 2 N–H and O–H groups in total. The Morgan fingerprint density at radius 1 is 1.10 bits per heavy atom. The normalized spacial score (nSPS) is 10.2. The molecule has 6 heteroatoms. The lowest BCUT2D eigenvalue weighted by atomic mass is 10.3. The summed E-state index contributed by atoms with van der Waals surface area (Å²) in [6.07, 6.45) is 0. The molecule has 2 aromatic rings. The Morgan fingerprint density at radius 3 is 2.40 bits per heavy atom. The second-order valence-corrected chi connectivity index (χ2v) is 5.20. The molecule has 0 spiro atoms. The van der Waals surface area contributed by atoms with Gasteiger partial charge in [-0.15, -0.1) is 0 Å². The smallest absolute Gasteiger partial charge is 0.243 e. The molecule has 20 heavy (non-hydrogen) atoms. The van der Waals surface area contributed by atoms with Crippen molar-refractivity contribution in [3.8, 4) is 0 Å². The molecule has 0 aliphatic heterocycles. The Labute approximate surface area is 128 Å². The minimum Gasteiger partial charge on any atom is -0.375 e. The first-order valence-corrected chi connectivity index (χ1v) is 6.87. The molecule has 1 amide bonds. The van der Waals surface area contributed by atoms with Crippen LogP contribution in [0.5, 0.6) is 0 Å². The van der Waals surface area contributed by atoms with Crippen LogP contribution in [0.2, 0.25) is 0 Å². The SMILES string of the molecule is O=C(CNc1ccccc1I)Nc1cc(F)cc(F)c1. The maximum atomic E-state index is 13.0. The van der Waals surface area contributed by atoms with E-state index in [-0.39, 0.29) is 18.1 Å². The van der Waals surface area contributed by atoms with Crippen LogP contribution in [0.15, 0.2) is 42.5 Å². The van der Waals surface area contributed by atoms with Gasteiger partial charge < -0.3 is 10.6 Å². The van der Waals surface area contributed by atoms with E-state index < -0.39 is 11.6 Å². The first-order valence-electron chi connectivity index (χ1n) is 5.79. The van der Waals surface area contributed by atoms with Crippen LogP contribution >= 0.6 is 22.6 Å². The Balaban J connectivity index is 1.94. The average molecular weight is 388 g/mol. The van der Waals surface area contributed by atoms with E-state index in [2.05, 4.69) is 33.2 Å². The van der Waals surface area contributed by atoms with Crippen molar-refractivity contribution in [3.05, 3.63) is 57.7 Å². The van der Waals surface area contributed by atoms with Gasteiger partial charge in [0.05, 0.1) is 6.54 Å². The van der Waals surface area contributed by atoms with Crippen molar-refractivity contribution in [2.45, 2.75) is 0 Å². The van der Waals surface area contributed by atoms with Crippen LogP contribution in [0.3, 0.4) is 0 Å². The third-order valence-corrected chi connectivity index (χ3v) is 3.40. The van der Waals surface area contributed by atoms with Crippen molar-refractivity contribution in [3.63, 3.8) is 0 Å². The molecule has 0 bridgehead atoms. The fraction of sp³-hybridized carbons (Fsp3) is 0.0714. The number of nitrogens with one attached hydrogen (secondary N) is 2. The van der Waals surface area contributed by atoms with Crippen LogP contribution in [0.25, 0.3) is 0 Å². The Kier molecular flexibility index (Phi) is 4.89. The number of carbonyl (C=O) groups excluding carboxylic acids is 1. The standard InChI is InChI=1S/C14H11F2IN2O/c15-9-5-10(16)7-11(6-9)19-14(20)8-18-13-4-2-1-3-12(13)17/h1-7,18H,8H2,(H,19,20). The molecule has 3 nitrogen and oxygen atoms in total. The highest BCUT2D eigenvalue weighted by molar-refractivity contribution is 14.1. The number of para-hydroxylation sites is 1. The Hall–Kier alpha value is -1.70. The Morgan fingerprint density at radius 2 is 1.75 bits per heavy atom. The van der Waals surface area contributed by atoms with Gasteiger partial charge in [0.25, 0.3) is 0 Å². The molecule has 0 aliphatic carbocycles. The fourth-order valence-corrected chi connectivity index (χ4v) is 2.19. The van der Waals surface area contributed by atoms with E-state index in [4.69, 9.17) is 0 Å². The molecule has 2 aromatic carbocycles.